The number of aromatic amines is 1. The topological polar surface area (TPSA) is 145 Å². The van der Waals surface area contributed by atoms with Crippen molar-refractivity contribution >= 4 is 81.3 Å². The maximum absolute atomic E-state index is 13.5. The third-order valence-electron chi connectivity index (χ3n) is 18.2. The largest absolute Gasteiger partial charge is 2.00 e. The van der Waals surface area contributed by atoms with E-state index in [4.69, 9.17) is 14.2 Å². The van der Waals surface area contributed by atoms with Crippen LogP contribution in [0, 0.1) is 53.7 Å². The number of nitrogens with zero attached hydrogens (tertiary/aromatic N) is 11. The number of H-pyrrole nitrogens is 1. The molecule has 9 aromatic carbocycles. The van der Waals surface area contributed by atoms with Crippen LogP contribution in [0.15, 0.2) is 266 Å². The second-order valence-corrected chi connectivity index (χ2v) is 27.0. The molecule has 0 bridgehead atoms. The average Bonchev–Trinajstić information content (AvgIpc) is 1.59. The summed E-state index contributed by atoms with van der Waals surface area (Å²) in [5.74, 6) is 3.94. The summed E-state index contributed by atoms with van der Waals surface area (Å²) in [6, 6.07) is 78.3. The quantitative estimate of drug-likeness (QED) is 0.0760. The number of halogens is 10. The summed E-state index contributed by atoms with van der Waals surface area (Å²) in [6.45, 7) is 11.9. The smallest absolute Gasteiger partial charge is 0.509 e. The van der Waals surface area contributed by atoms with E-state index in [2.05, 4.69) is 101 Å². The van der Waals surface area contributed by atoms with Crippen LogP contribution >= 0.6 is 15.9 Å². The van der Waals surface area contributed by atoms with Gasteiger partial charge in [0.15, 0.2) is 0 Å². The van der Waals surface area contributed by atoms with Gasteiger partial charge in [0.2, 0.25) is 0 Å². The van der Waals surface area contributed by atoms with Gasteiger partial charge in [0.25, 0.3) is 0 Å². The molecule has 0 saturated heterocycles. The van der Waals surface area contributed by atoms with Crippen molar-refractivity contribution in [3.8, 4) is 63.2 Å². The summed E-state index contributed by atoms with van der Waals surface area (Å²) in [5, 5.41) is 19.5. The van der Waals surface area contributed by atoms with Crippen molar-refractivity contribution < 1.29 is 74.8 Å². The molecule has 0 aliphatic rings. The third-order valence-corrected chi connectivity index (χ3v) is 18.6. The minimum atomic E-state index is -4.49. The number of rotatable bonds is 11. The molecule has 0 spiro atoms. The standard InChI is InChI=1S/C29H21F3N4O.C29H19F3N4O.C23H19N3O.C6H3BrF3N.CH4.Pt/c2*1-18-14-19(2)36(34-18)21-6-5-7-22(16-21)37-23-10-11-25-24-8-3-4-9-26(24)35(27(25)17-23)28-15-20(12-13-33-28)29(30,31)32;1-15-12-16(2)26(25-15)17-6-5-7-18(13-17)27-19-10-11-21-20-8-3-4-9-22(20)24-23(21)14-19;7-5-3-4(1-2-11-5)6(8,9)10;;/h3-17H,1-2H3;3-15H,1-2H3;3-14,24H,1-2H3;1-3H;1H4;/q;-2;;;;+2. The van der Waals surface area contributed by atoms with Crippen molar-refractivity contribution in [1.29, 1.82) is 0 Å². The second kappa shape index (κ2) is 32.6. The molecule has 0 amide bonds. The van der Waals surface area contributed by atoms with Gasteiger partial charge >= 0.3 is 39.6 Å². The molecule has 9 aromatic heterocycles. The van der Waals surface area contributed by atoms with Crippen LogP contribution in [0.3, 0.4) is 0 Å². The fourth-order valence-corrected chi connectivity index (χ4v) is 13.7. The maximum atomic E-state index is 13.5. The minimum absolute atomic E-state index is 0. The molecule has 0 atom stereocenters. The maximum Gasteiger partial charge on any atom is 2.00 e. The van der Waals surface area contributed by atoms with Crippen molar-refractivity contribution in [2.45, 2.75) is 67.5 Å². The number of alkyl halides is 9. The molecule has 0 unspecified atom stereocenters. The molecule has 0 radical (unpaired) electrons. The van der Waals surface area contributed by atoms with Gasteiger partial charge in [0.05, 0.1) is 61.7 Å². The molecule has 26 heteroatoms. The van der Waals surface area contributed by atoms with E-state index < -0.39 is 35.2 Å². The summed E-state index contributed by atoms with van der Waals surface area (Å²) in [7, 11) is 0. The first-order valence-corrected chi connectivity index (χ1v) is 35.6. The van der Waals surface area contributed by atoms with E-state index in [1.807, 2.05) is 208 Å². The first kappa shape index (κ1) is 79.5. The predicted octanol–water partition coefficient (Wildman–Crippen LogP) is 24.6. The summed E-state index contributed by atoms with van der Waals surface area (Å²) in [4.78, 5) is 15.6. The molecule has 0 aliphatic carbocycles. The molecule has 0 saturated carbocycles. The van der Waals surface area contributed by atoms with E-state index in [-0.39, 0.29) is 44.7 Å². The number of hydrogen-bond donors (Lipinski definition) is 1. The summed E-state index contributed by atoms with van der Waals surface area (Å²) in [6.07, 6.45) is -9.79. The monoisotopic (exact) mass is 1780 g/mol. The van der Waals surface area contributed by atoms with Gasteiger partial charge in [0.1, 0.15) is 39.2 Å². The number of para-hydroxylation sites is 3. The zero-order valence-electron chi connectivity index (χ0n) is 60.6. The molecular formula is C88H66BrF9N12O3Pt. The Balaban J connectivity index is 0.000000140. The average molecular weight is 1790 g/mol. The van der Waals surface area contributed by atoms with E-state index in [0.29, 0.717) is 34.0 Å². The van der Waals surface area contributed by atoms with Gasteiger partial charge in [-0.25, -0.2) is 24.3 Å². The van der Waals surface area contributed by atoms with E-state index in [9.17, 15) is 39.5 Å². The van der Waals surface area contributed by atoms with Gasteiger partial charge < -0.3 is 23.8 Å². The fourth-order valence-electron chi connectivity index (χ4n) is 13.4. The summed E-state index contributed by atoms with van der Waals surface area (Å²) in [5.41, 5.74) is 11.2. The van der Waals surface area contributed by atoms with E-state index >= 15 is 0 Å². The molecule has 0 fully saturated rings. The number of hydrogen-bond acceptors (Lipinski definition) is 9. The van der Waals surface area contributed by atoms with Crippen LogP contribution in [0.1, 0.15) is 58.3 Å². The zero-order valence-corrected chi connectivity index (χ0v) is 64.4. The number of ether oxygens (including phenoxy) is 3. The molecule has 1 N–H and O–H groups in total. The van der Waals surface area contributed by atoms with Gasteiger partial charge in [0, 0.05) is 104 Å². The van der Waals surface area contributed by atoms with Crippen molar-refractivity contribution in [1.82, 2.24) is 58.4 Å². The Morgan fingerprint density at radius 3 is 1.34 bits per heavy atom. The molecule has 576 valence electrons. The number of aryl methyl sites for hydroxylation is 6. The molecule has 0 aliphatic heterocycles. The molecular weight excluding hydrogens is 1720 g/mol. The molecule has 18 rings (SSSR count). The summed E-state index contributed by atoms with van der Waals surface area (Å²) >= 11 is 2.84. The number of pyridine rings is 3. The van der Waals surface area contributed by atoms with Gasteiger partial charge in [-0.05, 0) is 190 Å². The number of fused-ring (bicyclic) bond motifs is 9. The fraction of sp³-hybridized carbons (Fsp3) is 0.114. The van der Waals surface area contributed by atoms with Gasteiger partial charge in [-0.3, -0.25) is 9.25 Å². The van der Waals surface area contributed by atoms with Crippen LogP contribution in [0.4, 0.5) is 39.5 Å². The Morgan fingerprint density at radius 1 is 0.360 bits per heavy atom. The van der Waals surface area contributed by atoms with Gasteiger partial charge in [-0.1, -0.05) is 79.7 Å². The van der Waals surface area contributed by atoms with Crippen LogP contribution < -0.4 is 14.2 Å². The number of nitrogens with one attached hydrogen (secondary N) is 1. The first-order valence-electron chi connectivity index (χ1n) is 34.8. The number of aromatic nitrogens is 12. The van der Waals surface area contributed by atoms with Crippen molar-refractivity contribution in [2.75, 3.05) is 0 Å². The van der Waals surface area contributed by atoms with E-state index in [1.54, 1.807) is 25.9 Å². The zero-order chi connectivity index (χ0) is 78.3. The molecule has 18 aromatic rings. The van der Waals surface area contributed by atoms with Crippen LogP contribution in [0.2, 0.25) is 0 Å². The molecule has 15 nitrogen and oxygen atoms in total. The second-order valence-electron chi connectivity index (χ2n) is 26.2. The van der Waals surface area contributed by atoms with E-state index in [1.165, 1.54) is 23.2 Å². The van der Waals surface area contributed by atoms with Crippen LogP contribution in [-0.4, -0.2) is 58.4 Å². The minimum Gasteiger partial charge on any atom is -0.509 e. The Morgan fingerprint density at radius 2 is 0.798 bits per heavy atom. The Kier molecular flexibility index (Phi) is 22.7. The van der Waals surface area contributed by atoms with Crippen LogP contribution in [0.5, 0.6) is 34.5 Å². The Labute approximate surface area is 669 Å². The Bertz CT molecular complexity index is 6290. The van der Waals surface area contributed by atoms with Crippen molar-refractivity contribution in [2.24, 2.45) is 0 Å². The third kappa shape index (κ3) is 17.1. The Hall–Kier alpha value is -12.6. The SMILES string of the molecule is C.Cc1cc(C)n(-c2[c-]c(Oc3[c-]c4c(cc3)c3ccccc3n4-c3cc(C(F)(F)F)ccn3)ccc2)n1.Cc1cc(C)n(-c2cccc(Oc3ccc4c(c3)[nH]c3ccccc34)c2)n1.Cc1cc(C)n(-c2cccc(Oc3ccc4c5ccccc5n(-c5cc(C(F)(F)F)ccn5)c4c3)c2)n1.FC(F)(F)c1ccnc(Br)c1.[Pt+2]. The summed E-state index contributed by atoms with van der Waals surface area (Å²) < 4.78 is 144. The van der Waals surface area contributed by atoms with Gasteiger partial charge in [-0.15, -0.1) is 35.7 Å². The van der Waals surface area contributed by atoms with Gasteiger partial charge in [-0.2, -0.15) is 66.9 Å². The predicted molar refractivity (Wildman–Crippen MR) is 424 cm³/mol. The van der Waals surface area contributed by atoms with E-state index in [0.717, 1.165) is 149 Å². The first-order chi connectivity index (χ1) is 53.7. The van der Waals surface area contributed by atoms with Crippen LogP contribution in [0.25, 0.3) is 94.1 Å². The normalized spacial score (nSPS) is 11.5. The van der Waals surface area contributed by atoms with Crippen LogP contribution in [-0.2, 0) is 39.6 Å². The molecule has 9 heterocycles. The van der Waals surface area contributed by atoms with Crippen molar-refractivity contribution in [3.05, 3.63) is 329 Å². The molecule has 114 heavy (non-hydrogen) atoms. The van der Waals surface area contributed by atoms with Crippen molar-refractivity contribution in [3.63, 3.8) is 0 Å². The number of benzene rings is 9.